The topological polar surface area (TPSA) is 71.4 Å². The van der Waals surface area contributed by atoms with Gasteiger partial charge in [-0.15, -0.1) is 24.0 Å². The highest BCUT2D eigenvalue weighted by atomic mass is 127. The van der Waals surface area contributed by atoms with Crippen LogP contribution in [0, 0.1) is 0 Å². The molecule has 0 aliphatic carbocycles. The van der Waals surface area contributed by atoms with E-state index in [1.807, 2.05) is 13.0 Å². The van der Waals surface area contributed by atoms with Gasteiger partial charge < -0.3 is 15.4 Å². The van der Waals surface area contributed by atoms with Crippen molar-refractivity contribution in [2.24, 2.45) is 4.99 Å². The first-order valence-corrected chi connectivity index (χ1v) is 8.80. The van der Waals surface area contributed by atoms with Crippen molar-refractivity contribution in [3.05, 3.63) is 52.4 Å². The first-order chi connectivity index (χ1) is 12.2. The van der Waals surface area contributed by atoms with Crippen molar-refractivity contribution in [3.8, 4) is 5.88 Å². The van der Waals surface area contributed by atoms with E-state index in [-0.39, 0.29) is 24.0 Å². The molecule has 0 aliphatic rings. The Labute approximate surface area is 180 Å². The Kier molecular flexibility index (Phi) is 11.3. The molecule has 0 atom stereocenters. The Morgan fingerprint density at radius 3 is 2.73 bits per heavy atom. The molecule has 26 heavy (non-hydrogen) atoms. The van der Waals surface area contributed by atoms with Gasteiger partial charge in [0, 0.05) is 25.5 Å². The summed E-state index contributed by atoms with van der Waals surface area (Å²) in [6, 6.07) is 7.24. The van der Waals surface area contributed by atoms with Crippen molar-refractivity contribution >= 4 is 53.1 Å². The second-order valence-corrected chi connectivity index (χ2v) is 5.86. The first-order valence-electron chi connectivity index (χ1n) is 8.05. The molecule has 2 N–H and O–H groups in total. The van der Waals surface area contributed by atoms with Gasteiger partial charge in [0.1, 0.15) is 16.8 Å². The third kappa shape index (κ3) is 8.37. The average molecular weight is 510 g/mol. The van der Waals surface area contributed by atoms with Gasteiger partial charge in [-0.2, -0.15) is 0 Å². The number of ether oxygens (including phenoxy) is 1. The van der Waals surface area contributed by atoms with Gasteiger partial charge in [0.15, 0.2) is 5.96 Å². The van der Waals surface area contributed by atoms with Crippen LogP contribution in [0.5, 0.6) is 5.88 Å². The molecule has 0 unspecified atom stereocenters. The number of pyridine rings is 2. The number of nitrogens with zero attached hydrogens (tertiary/aromatic N) is 3. The molecule has 0 spiro atoms. The Bertz CT molecular complexity index is 685. The number of nitrogens with one attached hydrogen (secondary N) is 2. The molecule has 142 valence electrons. The van der Waals surface area contributed by atoms with Crippen LogP contribution in [-0.4, -0.2) is 42.2 Å². The lowest BCUT2D eigenvalue weighted by atomic mass is 10.2. The number of hydrogen-bond donors (Lipinski definition) is 2. The quantitative estimate of drug-likeness (QED) is 0.187. The summed E-state index contributed by atoms with van der Waals surface area (Å²) >= 11 is 11.8. The summed E-state index contributed by atoms with van der Waals surface area (Å²) in [4.78, 5) is 12.7. The molecule has 0 aromatic carbocycles. The fourth-order valence-electron chi connectivity index (χ4n) is 1.99. The minimum absolute atomic E-state index is 0. The lowest BCUT2D eigenvalue weighted by molar-refractivity contribution is 0.310. The van der Waals surface area contributed by atoms with Crippen molar-refractivity contribution in [2.45, 2.75) is 13.3 Å². The molecular formula is C17H22Cl2IN5O. The van der Waals surface area contributed by atoms with E-state index < -0.39 is 0 Å². The van der Waals surface area contributed by atoms with Crippen molar-refractivity contribution in [3.63, 3.8) is 0 Å². The third-order valence-corrected chi connectivity index (χ3v) is 3.67. The summed E-state index contributed by atoms with van der Waals surface area (Å²) in [6.07, 6.45) is 4.20. The lowest BCUT2D eigenvalue weighted by Gasteiger charge is -2.12. The maximum absolute atomic E-state index is 5.99. The molecular weight excluding hydrogens is 488 g/mol. The van der Waals surface area contributed by atoms with Crippen LogP contribution >= 0.6 is 47.2 Å². The van der Waals surface area contributed by atoms with E-state index in [9.17, 15) is 0 Å². The Morgan fingerprint density at radius 2 is 2.04 bits per heavy atom. The van der Waals surface area contributed by atoms with E-state index in [2.05, 4.69) is 25.6 Å². The van der Waals surface area contributed by atoms with E-state index in [1.165, 1.54) is 0 Å². The number of aromatic nitrogens is 2. The van der Waals surface area contributed by atoms with E-state index in [1.54, 1.807) is 30.6 Å². The monoisotopic (exact) mass is 509 g/mol. The van der Waals surface area contributed by atoms with Gasteiger partial charge in [-0.3, -0.25) is 4.99 Å². The second-order valence-electron chi connectivity index (χ2n) is 5.07. The van der Waals surface area contributed by atoms with E-state index >= 15 is 0 Å². The Balaban J connectivity index is 0.00000338. The van der Waals surface area contributed by atoms with Crippen LogP contribution in [0.25, 0.3) is 0 Å². The number of halogens is 3. The van der Waals surface area contributed by atoms with Gasteiger partial charge in [-0.1, -0.05) is 29.3 Å². The van der Waals surface area contributed by atoms with Crippen LogP contribution in [0.4, 0.5) is 0 Å². The highest BCUT2D eigenvalue weighted by Crippen LogP contribution is 2.19. The SMILES string of the molecule is CCNC(=NCCc1ccc(Cl)nc1)NCCOc1ncccc1Cl.I. The van der Waals surface area contributed by atoms with Crippen LogP contribution in [0.15, 0.2) is 41.7 Å². The molecule has 0 bridgehead atoms. The average Bonchev–Trinajstić information content (AvgIpc) is 2.61. The number of guanidine groups is 1. The fourth-order valence-corrected chi connectivity index (χ4v) is 2.28. The van der Waals surface area contributed by atoms with Gasteiger partial charge in [0.2, 0.25) is 5.88 Å². The summed E-state index contributed by atoms with van der Waals surface area (Å²) in [6.45, 7) is 4.46. The van der Waals surface area contributed by atoms with Crippen LogP contribution in [0.3, 0.4) is 0 Å². The predicted octanol–water partition coefficient (Wildman–Crippen LogP) is 3.58. The normalized spacial score (nSPS) is 10.8. The van der Waals surface area contributed by atoms with E-state index in [0.29, 0.717) is 35.8 Å². The highest BCUT2D eigenvalue weighted by molar-refractivity contribution is 14.0. The van der Waals surface area contributed by atoms with Crippen molar-refractivity contribution in [1.82, 2.24) is 20.6 Å². The highest BCUT2D eigenvalue weighted by Gasteiger charge is 2.02. The molecule has 0 saturated carbocycles. The van der Waals surface area contributed by atoms with E-state index in [4.69, 9.17) is 27.9 Å². The van der Waals surface area contributed by atoms with E-state index in [0.717, 1.165) is 24.5 Å². The van der Waals surface area contributed by atoms with Crippen molar-refractivity contribution in [2.75, 3.05) is 26.2 Å². The minimum atomic E-state index is 0. The molecule has 2 rings (SSSR count). The van der Waals surface area contributed by atoms with Crippen LogP contribution in [0.1, 0.15) is 12.5 Å². The molecule has 0 fully saturated rings. The molecule has 2 aromatic heterocycles. The molecule has 0 radical (unpaired) electrons. The predicted molar refractivity (Wildman–Crippen MR) is 117 cm³/mol. The molecule has 0 aliphatic heterocycles. The number of hydrogen-bond acceptors (Lipinski definition) is 4. The van der Waals surface area contributed by atoms with Gasteiger partial charge in [0.05, 0.1) is 6.54 Å². The van der Waals surface area contributed by atoms with Gasteiger partial charge in [0.25, 0.3) is 0 Å². The zero-order chi connectivity index (χ0) is 17.9. The van der Waals surface area contributed by atoms with Gasteiger partial charge in [-0.05, 0) is 37.1 Å². The maximum atomic E-state index is 5.99. The van der Waals surface area contributed by atoms with Gasteiger partial charge >= 0.3 is 0 Å². The Morgan fingerprint density at radius 1 is 1.19 bits per heavy atom. The third-order valence-electron chi connectivity index (χ3n) is 3.16. The van der Waals surface area contributed by atoms with Crippen LogP contribution in [-0.2, 0) is 6.42 Å². The summed E-state index contributed by atoms with van der Waals surface area (Å²) in [5, 5.41) is 7.40. The Hall–Kier alpha value is -1.32. The zero-order valence-electron chi connectivity index (χ0n) is 14.4. The van der Waals surface area contributed by atoms with Crippen molar-refractivity contribution < 1.29 is 4.74 Å². The summed E-state index contributed by atoms with van der Waals surface area (Å²) in [5.41, 5.74) is 1.09. The fraction of sp³-hybridized carbons (Fsp3) is 0.353. The van der Waals surface area contributed by atoms with Crippen molar-refractivity contribution in [1.29, 1.82) is 0 Å². The molecule has 0 amide bonds. The largest absolute Gasteiger partial charge is 0.475 e. The minimum Gasteiger partial charge on any atom is -0.475 e. The number of rotatable bonds is 8. The van der Waals surface area contributed by atoms with Crippen LogP contribution < -0.4 is 15.4 Å². The summed E-state index contributed by atoms with van der Waals surface area (Å²) in [5.74, 6) is 1.17. The molecule has 9 heteroatoms. The number of aliphatic imine (C=N–C) groups is 1. The van der Waals surface area contributed by atoms with Gasteiger partial charge in [-0.25, -0.2) is 9.97 Å². The molecule has 2 heterocycles. The molecule has 6 nitrogen and oxygen atoms in total. The standard InChI is InChI=1S/C17H21Cl2N5O.HI/c1-2-20-17(22-9-7-13-5-6-15(19)24-12-13)23-10-11-25-16-14(18)4-3-8-21-16;/h3-6,8,12H,2,7,9-11H2,1H3,(H2,20,22,23);1H. The van der Waals surface area contributed by atoms with Crippen LogP contribution in [0.2, 0.25) is 10.2 Å². The molecule has 0 saturated heterocycles. The first kappa shape index (κ1) is 22.7. The smallest absolute Gasteiger partial charge is 0.232 e. The summed E-state index contributed by atoms with van der Waals surface area (Å²) < 4.78 is 5.54. The maximum Gasteiger partial charge on any atom is 0.232 e. The summed E-state index contributed by atoms with van der Waals surface area (Å²) in [7, 11) is 0. The lowest BCUT2D eigenvalue weighted by Crippen LogP contribution is -2.39. The zero-order valence-corrected chi connectivity index (χ0v) is 18.3. The molecule has 2 aromatic rings. The second kappa shape index (κ2) is 12.9.